The summed E-state index contributed by atoms with van der Waals surface area (Å²) in [6, 6.07) is 8.57. The van der Waals surface area contributed by atoms with E-state index in [1.165, 1.54) is 37.9 Å². The van der Waals surface area contributed by atoms with Gasteiger partial charge in [-0.2, -0.15) is 5.10 Å². The molecule has 1 aliphatic heterocycles. The Kier molecular flexibility index (Phi) is 8.96. The Balaban J connectivity index is 0.00000117. The first-order chi connectivity index (χ1) is 12.8. The largest absolute Gasteiger partial charge is 0.381 e. The van der Waals surface area contributed by atoms with E-state index in [-0.39, 0.29) is 0 Å². The maximum atomic E-state index is 5.54. The number of rotatable bonds is 6. The molecule has 0 aromatic carbocycles. The van der Waals surface area contributed by atoms with Gasteiger partial charge in [-0.05, 0) is 63.0 Å². The lowest BCUT2D eigenvalue weighted by Crippen LogP contribution is -2.34. The lowest BCUT2D eigenvalue weighted by molar-refractivity contribution is 0.0681. The van der Waals surface area contributed by atoms with Crippen molar-refractivity contribution in [1.82, 2.24) is 10.2 Å². The predicted molar refractivity (Wildman–Crippen MR) is 110 cm³/mol. The molecule has 0 bridgehead atoms. The summed E-state index contributed by atoms with van der Waals surface area (Å²) in [5, 5.41) is 7.88. The molecule has 26 heavy (non-hydrogen) atoms. The number of H-pyrrole nitrogens is 1. The molecule has 1 aliphatic carbocycles. The average Bonchev–Trinajstić information content (AvgIpc) is 3.48. The summed E-state index contributed by atoms with van der Waals surface area (Å²) in [6.07, 6.45) is 6.06. The number of aryl methyl sites for hydroxylation is 2. The van der Waals surface area contributed by atoms with Gasteiger partial charge in [0.1, 0.15) is 0 Å². The Hall–Kier alpha value is -1.55. The van der Waals surface area contributed by atoms with E-state index in [0.717, 1.165) is 49.4 Å². The predicted octanol–water partition coefficient (Wildman–Crippen LogP) is 5.07. The van der Waals surface area contributed by atoms with Crippen LogP contribution in [-0.2, 0) is 11.2 Å². The molecule has 146 valence electrons. The summed E-state index contributed by atoms with van der Waals surface area (Å²) < 4.78 is 5.54. The Morgan fingerprint density at radius 2 is 1.65 bits per heavy atom. The van der Waals surface area contributed by atoms with Gasteiger partial charge in [-0.3, -0.25) is 5.10 Å². The van der Waals surface area contributed by atoms with Crippen LogP contribution in [0.2, 0.25) is 0 Å². The van der Waals surface area contributed by atoms with Crippen LogP contribution >= 0.6 is 0 Å². The van der Waals surface area contributed by atoms with E-state index < -0.39 is 0 Å². The Morgan fingerprint density at radius 3 is 2.27 bits per heavy atom. The summed E-state index contributed by atoms with van der Waals surface area (Å²) in [5.41, 5.74) is 3.52. The quantitative estimate of drug-likeness (QED) is 0.770. The topological polar surface area (TPSA) is 41.2 Å². The third kappa shape index (κ3) is 6.64. The maximum absolute atomic E-state index is 5.54. The highest BCUT2D eigenvalue weighted by atomic mass is 16.5. The highest BCUT2D eigenvalue weighted by molar-refractivity contribution is 5.49. The van der Waals surface area contributed by atoms with Crippen LogP contribution in [0, 0.1) is 18.8 Å². The first kappa shape index (κ1) is 20.8. The summed E-state index contributed by atoms with van der Waals surface area (Å²) in [7, 11) is 0. The molecule has 0 atom stereocenters. The minimum atomic E-state index is 0.737. The minimum absolute atomic E-state index is 0.737. The summed E-state index contributed by atoms with van der Waals surface area (Å²) in [6.45, 7) is 12.4. The standard InChI is InChI=1S/C20H31N3O.C2H6/c1-3-19-20(7-5-4-6-16(2)21-22-19)23(14-17-8-9-17)15-18-10-12-24-13-11-18;1-2/h4-7,17-18,21H,3,8-15H2,1-2H3;1-2H3. The van der Waals surface area contributed by atoms with Crippen LogP contribution in [0.25, 0.3) is 0 Å². The average molecular weight is 360 g/mol. The Labute approximate surface area is 159 Å². The highest BCUT2D eigenvalue weighted by Gasteiger charge is 2.27. The molecule has 0 unspecified atom stereocenters. The van der Waals surface area contributed by atoms with E-state index in [0.29, 0.717) is 0 Å². The zero-order valence-electron chi connectivity index (χ0n) is 17.1. The van der Waals surface area contributed by atoms with Gasteiger partial charge < -0.3 is 9.64 Å². The lowest BCUT2D eigenvalue weighted by atomic mass is 9.99. The van der Waals surface area contributed by atoms with Crippen LogP contribution in [0.15, 0.2) is 24.3 Å². The Bertz CT molecular complexity index is 573. The van der Waals surface area contributed by atoms with E-state index in [2.05, 4.69) is 53.2 Å². The second-order valence-electron chi connectivity index (χ2n) is 7.21. The molecule has 2 aliphatic rings. The van der Waals surface area contributed by atoms with E-state index in [1.54, 1.807) is 0 Å². The third-order valence-electron chi connectivity index (χ3n) is 5.04. The number of hydrogen-bond acceptors (Lipinski definition) is 3. The van der Waals surface area contributed by atoms with Gasteiger partial charge in [-0.1, -0.05) is 32.9 Å². The molecular formula is C22H37N3O. The fourth-order valence-corrected chi connectivity index (χ4v) is 3.37. The first-order valence-corrected chi connectivity index (χ1v) is 10.5. The summed E-state index contributed by atoms with van der Waals surface area (Å²) in [5.74, 6) is 1.61. The SMILES string of the molecule is CC.CCc1n[nH]c(C)ccccc1N(CC1CCOCC1)CC1CC1. The van der Waals surface area contributed by atoms with E-state index in [1.807, 2.05) is 13.8 Å². The molecule has 4 nitrogen and oxygen atoms in total. The van der Waals surface area contributed by atoms with Crippen molar-refractivity contribution in [2.75, 3.05) is 31.2 Å². The molecule has 1 saturated carbocycles. The number of nitrogens with one attached hydrogen (secondary N) is 1. The highest BCUT2D eigenvalue weighted by Crippen LogP contribution is 2.33. The molecule has 3 rings (SSSR count). The molecule has 4 heteroatoms. The molecule has 2 heterocycles. The van der Waals surface area contributed by atoms with E-state index in [4.69, 9.17) is 4.74 Å². The van der Waals surface area contributed by atoms with Gasteiger partial charge in [0, 0.05) is 32.0 Å². The second kappa shape index (κ2) is 11.2. The van der Waals surface area contributed by atoms with Crippen LogP contribution in [0.4, 0.5) is 5.69 Å². The maximum Gasteiger partial charge on any atom is 0.0837 e. The van der Waals surface area contributed by atoms with Crippen molar-refractivity contribution in [1.29, 1.82) is 0 Å². The molecular weight excluding hydrogens is 322 g/mol. The van der Waals surface area contributed by atoms with E-state index in [9.17, 15) is 0 Å². The van der Waals surface area contributed by atoms with Crippen molar-refractivity contribution in [3.05, 3.63) is 35.7 Å². The molecule has 1 saturated heterocycles. The van der Waals surface area contributed by atoms with Crippen molar-refractivity contribution in [3.8, 4) is 0 Å². The number of aromatic nitrogens is 2. The number of aromatic amines is 1. The smallest absolute Gasteiger partial charge is 0.0837 e. The third-order valence-corrected chi connectivity index (χ3v) is 5.04. The van der Waals surface area contributed by atoms with Gasteiger partial charge >= 0.3 is 0 Å². The van der Waals surface area contributed by atoms with E-state index >= 15 is 0 Å². The van der Waals surface area contributed by atoms with Crippen molar-refractivity contribution in [2.24, 2.45) is 11.8 Å². The normalized spacial score (nSPS) is 17.1. The van der Waals surface area contributed by atoms with Crippen LogP contribution in [0.3, 0.4) is 0 Å². The molecule has 1 N–H and O–H groups in total. The monoisotopic (exact) mass is 359 g/mol. The van der Waals surface area contributed by atoms with Gasteiger partial charge in [0.2, 0.25) is 0 Å². The van der Waals surface area contributed by atoms with Gasteiger partial charge in [-0.15, -0.1) is 0 Å². The van der Waals surface area contributed by atoms with Gasteiger partial charge in [0.05, 0.1) is 11.4 Å². The fraction of sp³-hybridized carbons (Fsp3) is 0.682. The minimum Gasteiger partial charge on any atom is -0.381 e. The molecule has 0 amide bonds. The summed E-state index contributed by atoms with van der Waals surface area (Å²) >= 11 is 0. The van der Waals surface area contributed by atoms with Gasteiger partial charge in [0.25, 0.3) is 0 Å². The zero-order chi connectivity index (χ0) is 18.8. The van der Waals surface area contributed by atoms with Crippen molar-refractivity contribution >= 4 is 5.69 Å². The van der Waals surface area contributed by atoms with Crippen LogP contribution in [0.1, 0.15) is 57.8 Å². The second-order valence-corrected chi connectivity index (χ2v) is 7.21. The summed E-state index contributed by atoms with van der Waals surface area (Å²) in [4.78, 5) is 2.60. The van der Waals surface area contributed by atoms with Crippen molar-refractivity contribution in [2.45, 2.75) is 59.8 Å². The molecule has 1 aromatic rings. The first-order valence-electron chi connectivity index (χ1n) is 10.5. The van der Waals surface area contributed by atoms with Crippen molar-refractivity contribution in [3.63, 3.8) is 0 Å². The van der Waals surface area contributed by atoms with Gasteiger partial charge in [-0.25, -0.2) is 0 Å². The van der Waals surface area contributed by atoms with Crippen LogP contribution in [0.5, 0.6) is 0 Å². The lowest BCUT2D eigenvalue weighted by Gasteiger charge is -2.32. The molecule has 1 aromatic heterocycles. The van der Waals surface area contributed by atoms with Crippen molar-refractivity contribution < 1.29 is 4.74 Å². The molecule has 0 radical (unpaired) electrons. The molecule has 2 fully saturated rings. The number of nitrogens with zero attached hydrogens (tertiary/aromatic N) is 2. The zero-order valence-corrected chi connectivity index (χ0v) is 17.1. The van der Waals surface area contributed by atoms with Crippen LogP contribution in [-0.4, -0.2) is 36.5 Å². The van der Waals surface area contributed by atoms with Crippen LogP contribution < -0.4 is 4.90 Å². The molecule has 0 spiro atoms. The fourth-order valence-electron chi connectivity index (χ4n) is 3.37. The number of ether oxygens (including phenoxy) is 1. The number of anilines is 1. The Morgan fingerprint density at radius 1 is 1.04 bits per heavy atom. The number of hydrogen-bond donors (Lipinski definition) is 1. The van der Waals surface area contributed by atoms with Gasteiger partial charge in [0.15, 0.2) is 0 Å².